The predicted molar refractivity (Wildman–Crippen MR) is 86.8 cm³/mol. The summed E-state index contributed by atoms with van der Waals surface area (Å²) in [5, 5.41) is 15.4. The van der Waals surface area contributed by atoms with Gasteiger partial charge in [-0.15, -0.1) is 0 Å². The minimum atomic E-state index is -0.548. The molecule has 6 nitrogen and oxygen atoms in total. The van der Waals surface area contributed by atoms with Crippen LogP contribution in [0, 0.1) is 11.7 Å². The Labute approximate surface area is 136 Å². The molecule has 1 saturated heterocycles. The van der Waals surface area contributed by atoms with Gasteiger partial charge >= 0.3 is 6.03 Å². The zero-order valence-corrected chi connectivity index (χ0v) is 13.6. The van der Waals surface area contributed by atoms with E-state index in [0.29, 0.717) is 18.9 Å². The maximum Gasteiger partial charge on any atom is 0.315 e. The fourth-order valence-corrected chi connectivity index (χ4v) is 2.59. The molecule has 1 fully saturated rings. The number of carbonyl (C=O) groups is 1. The second-order valence-corrected chi connectivity index (χ2v) is 6.05. The van der Waals surface area contributed by atoms with Crippen molar-refractivity contribution in [2.75, 3.05) is 24.5 Å². The van der Waals surface area contributed by atoms with Gasteiger partial charge in [0, 0.05) is 31.9 Å². The molecule has 0 radical (unpaired) electrons. The topological polar surface area (TPSA) is 77.5 Å². The second kappa shape index (κ2) is 8.10. The number of carbonyl (C=O) groups excluding carboxylic acids is 1. The minimum Gasteiger partial charge on any atom is -0.391 e. The molecule has 2 heterocycles. The summed E-state index contributed by atoms with van der Waals surface area (Å²) >= 11 is 0. The number of halogens is 1. The van der Waals surface area contributed by atoms with Crippen LogP contribution in [0.4, 0.5) is 15.0 Å². The maximum absolute atomic E-state index is 13.7. The Bertz CT molecular complexity index is 529. The fraction of sp³-hybridized carbons (Fsp3) is 0.625. The zero-order chi connectivity index (χ0) is 16.8. The first-order chi connectivity index (χ1) is 11.0. The third kappa shape index (κ3) is 4.79. The number of aliphatic hydroxyl groups excluding tert-OH is 1. The summed E-state index contributed by atoms with van der Waals surface area (Å²) in [7, 11) is 0. The van der Waals surface area contributed by atoms with E-state index < -0.39 is 6.10 Å². The van der Waals surface area contributed by atoms with Crippen LogP contribution < -0.4 is 15.5 Å². The summed E-state index contributed by atoms with van der Waals surface area (Å²) in [5.74, 6) is 0.114. The molecule has 3 unspecified atom stereocenters. The monoisotopic (exact) mass is 324 g/mol. The van der Waals surface area contributed by atoms with E-state index in [1.54, 1.807) is 12.3 Å². The summed E-state index contributed by atoms with van der Waals surface area (Å²) in [5.41, 5.74) is 0. The number of hydrogen-bond acceptors (Lipinski definition) is 4. The Morgan fingerprint density at radius 2 is 2.39 bits per heavy atom. The normalized spacial score (nSPS) is 20.2. The average molecular weight is 324 g/mol. The van der Waals surface area contributed by atoms with Gasteiger partial charge in [-0.2, -0.15) is 0 Å². The van der Waals surface area contributed by atoms with Crippen LogP contribution in [0.5, 0.6) is 0 Å². The number of aliphatic hydroxyl groups is 1. The summed E-state index contributed by atoms with van der Waals surface area (Å²) in [6.07, 6.45) is 2.60. The van der Waals surface area contributed by atoms with E-state index in [1.807, 2.05) is 18.7 Å². The van der Waals surface area contributed by atoms with E-state index in [1.165, 1.54) is 6.07 Å². The molecule has 1 aromatic rings. The van der Waals surface area contributed by atoms with Crippen LogP contribution in [0.1, 0.15) is 26.7 Å². The lowest BCUT2D eigenvalue weighted by molar-refractivity contribution is 0.114. The summed E-state index contributed by atoms with van der Waals surface area (Å²) in [6.45, 7) is 5.34. The third-order valence-electron chi connectivity index (χ3n) is 4.33. The predicted octanol–water partition coefficient (Wildman–Crippen LogP) is 1.51. The average Bonchev–Trinajstić information content (AvgIpc) is 3.00. The highest BCUT2D eigenvalue weighted by molar-refractivity contribution is 5.74. The highest BCUT2D eigenvalue weighted by atomic mass is 19.1. The number of hydrogen-bond donors (Lipinski definition) is 3. The van der Waals surface area contributed by atoms with Gasteiger partial charge in [-0.25, -0.2) is 14.2 Å². The van der Waals surface area contributed by atoms with E-state index >= 15 is 0 Å². The van der Waals surface area contributed by atoms with E-state index in [0.717, 1.165) is 12.8 Å². The van der Waals surface area contributed by atoms with Crippen molar-refractivity contribution in [1.29, 1.82) is 0 Å². The van der Waals surface area contributed by atoms with Crippen LogP contribution in [-0.4, -0.2) is 47.9 Å². The van der Waals surface area contributed by atoms with Crippen LogP contribution in [0.2, 0.25) is 0 Å². The van der Waals surface area contributed by atoms with Crippen molar-refractivity contribution in [3.63, 3.8) is 0 Å². The van der Waals surface area contributed by atoms with Gasteiger partial charge in [-0.3, -0.25) is 0 Å². The summed E-state index contributed by atoms with van der Waals surface area (Å²) in [4.78, 5) is 17.8. The summed E-state index contributed by atoms with van der Waals surface area (Å²) in [6, 6.07) is 2.57. The van der Waals surface area contributed by atoms with Gasteiger partial charge in [0.25, 0.3) is 0 Å². The quantitative estimate of drug-likeness (QED) is 0.741. The molecule has 0 aliphatic carbocycles. The van der Waals surface area contributed by atoms with Crippen molar-refractivity contribution in [3.8, 4) is 0 Å². The minimum absolute atomic E-state index is 0.0582. The first-order valence-corrected chi connectivity index (χ1v) is 8.09. The number of rotatable bonds is 6. The van der Waals surface area contributed by atoms with Crippen molar-refractivity contribution in [3.05, 3.63) is 24.1 Å². The molecule has 2 amide bonds. The highest BCUT2D eigenvalue weighted by Crippen LogP contribution is 2.20. The van der Waals surface area contributed by atoms with Crippen LogP contribution in [0.25, 0.3) is 0 Å². The Kier molecular flexibility index (Phi) is 6.15. The maximum atomic E-state index is 13.7. The van der Waals surface area contributed by atoms with Crippen molar-refractivity contribution in [1.82, 2.24) is 15.6 Å². The molecule has 1 aliphatic rings. The van der Waals surface area contributed by atoms with Crippen LogP contribution in [-0.2, 0) is 0 Å². The molecule has 3 atom stereocenters. The Morgan fingerprint density at radius 3 is 3.09 bits per heavy atom. The SMILES string of the molecule is CCC(C)C(O)CNC(=O)NC1CCN(c2ncccc2F)C1. The van der Waals surface area contributed by atoms with E-state index in [4.69, 9.17) is 0 Å². The smallest absolute Gasteiger partial charge is 0.315 e. The molecule has 2 rings (SSSR count). The first kappa shape index (κ1) is 17.5. The number of aromatic nitrogens is 1. The Balaban J connectivity index is 1.77. The molecular weight excluding hydrogens is 299 g/mol. The van der Waals surface area contributed by atoms with Crippen molar-refractivity contribution in [2.45, 2.75) is 38.8 Å². The van der Waals surface area contributed by atoms with Gasteiger partial charge in [-0.1, -0.05) is 20.3 Å². The van der Waals surface area contributed by atoms with Gasteiger partial charge in [0.2, 0.25) is 0 Å². The molecule has 0 saturated carbocycles. The molecule has 1 aliphatic heterocycles. The molecule has 7 heteroatoms. The van der Waals surface area contributed by atoms with E-state index in [9.17, 15) is 14.3 Å². The lowest BCUT2D eigenvalue weighted by Crippen LogP contribution is -2.46. The van der Waals surface area contributed by atoms with Gasteiger partial charge in [0.1, 0.15) is 0 Å². The zero-order valence-electron chi connectivity index (χ0n) is 13.6. The van der Waals surface area contributed by atoms with Crippen LogP contribution >= 0.6 is 0 Å². The number of anilines is 1. The summed E-state index contributed by atoms with van der Waals surface area (Å²) < 4.78 is 13.7. The number of pyridine rings is 1. The van der Waals surface area contributed by atoms with Crippen LogP contribution in [0.15, 0.2) is 18.3 Å². The molecule has 3 N–H and O–H groups in total. The van der Waals surface area contributed by atoms with E-state index in [-0.39, 0.29) is 30.4 Å². The fourth-order valence-electron chi connectivity index (χ4n) is 2.59. The molecule has 0 bridgehead atoms. The van der Waals surface area contributed by atoms with Crippen molar-refractivity contribution in [2.24, 2.45) is 5.92 Å². The second-order valence-electron chi connectivity index (χ2n) is 6.05. The standard InChI is InChI=1S/C16H25FN4O2/c1-3-11(2)14(22)9-19-16(23)20-12-6-8-21(10-12)15-13(17)5-4-7-18-15/h4-5,7,11-12,14,22H,3,6,8-10H2,1-2H3,(H2,19,20,23). The Hall–Kier alpha value is -1.89. The van der Waals surface area contributed by atoms with Gasteiger partial charge < -0.3 is 20.6 Å². The highest BCUT2D eigenvalue weighted by Gasteiger charge is 2.26. The number of urea groups is 1. The van der Waals surface area contributed by atoms with E-state index in [2.05, 4.69) is 15.6 Å². The number of nitrogens with one attached hydrogen (secondary N) is 2. The third-order valence-corrected chi connectivity index (χ3v) is 4.33. The molecule has 128 valence electrons. The number of amides is 2. The molecule has 0 spiro atoms. The largest absolute Gasteiger partial charge is 0.391 e. The first-order valence-electron chi connectivity index (χ1n) is 8.09. The van der Waals surface area contributed by atoms with Gasteiger partial charge in [0.15, 0.2) is 11.6 Å². The van der Waals surface area contributed by atoms with Gasteiger partial charge in [0.05, 0.1) is 6.10 Å². The van der Waals surface area contributed by atoms with Gasteiger partial charge in [-0.05, 0) is 24.5 Å². The van der Waals surface area contributed by atoms with Crippen LogP contribution in [0.3, 0.4) is 0 Å². The lowest BCUT2D eigenvalue weighted by atomic mass is 10.0. The Morgan fingerprint density at radius 1 is 1.61 bits per heavy atom. The molecule has 0 aromatic carbocycles. The van der Waals surface area contributed by atoms with Crippen molar-refractivity contribution >= 4 is 11.8 Å². The van der Waals surface area contributed by atoms with Crippen molar-refractivity contribution < 1.29 is 14.3 Å². The number of nitrogens with zero attached hydrogens (tertiary/aromatic N) is 2. The lowest BCUT2D eigenvalue weighted by Gasteiger charge is -2.20. The molecule has 1 aromatic heterocycles. The molecular formula is C16H25FN4O2. The molecule has 23 heavy (non-hydrogen) atoms.